The number of hydrogen-bond donors (Lipinski definition) is 2. The minimum atomic E-state index is -0.346. The Labute approximate surface area is 167 Å². The normalized spacial score (nSPS) is 10.3. The lowest BCUT2D eigenvalue weighted by Crippen LogP contribution is -2.34. The summed E-state index contributed by atoms with van der Waals surface area (Å²) in [7, 11) is 0. The van der Waals surface area contributed by atoms with Gasteiger partial charge < -0.3 is 14.8 Å². The van der Waals surface area contributed by atoms with Crippen molar-refractivity contribution in [2.75, 3.05) is 25.1 Å². The maximum atomic E-state index is 12.2. The number of amides is 1. The quantitative estimate of drug-likeness (QED) is 0.516. The number of benzene rings is 2. The van der Waals surface area contributed by atoms with Crippen LogP contribution in [0.4, 0.5) is 5.69 Å². The first kappa shape index (κ1) is 20.5. The van der Waals surface area contributed by atoms with Crippen molar-refractivity contribution >= 4 is 52.1 Å². The molecular formula is C18H18Cl2N2O3S. The van der Waals surface area contributed by atoms with Gasteiger partial charge in [0.15, 0.2) is 5.11 Å². The van der Waals surface area contributed by atoms with Gasteiger partial charge in [-0.25, -0.2) is 0 Å². The highest BCUT2D eigenvalue weighted by molar-refractivity contribution is 7.80. The van der Waals surface area contributed by atoms with Crippen LogP contribution < -0.4 is 15.4 Å². The zero-order chi connectivity index (χ0) is 18.9. The van der Waals surface area contributed by atoms with Gasteiger partial charge in [0.05, 0.1) is 17.3 Å². The number of anilines is 1. The summed E-state index contributed by atoms with van der Waals surface area (Å²) < 4.78 is 10.7. The van der Waals surface area contributed by atoms with Gasteiger partial charge in [-0.3, -0.25) is 10.1 Å². The van der Waals surface area contributed by atoms with Gasteiger partial charge >= 0.3 is 0 Å². The highest BCUT2D eigenvalue weighted by Crippen LogP contribution is 2.25. The molecule has 2 rings (SSSR count). The molecule has 138 valence electrons. The van der Waals surface area contributed by atoms with Crippen molar-refractivity contribution in [3.05, 3.63) is 58.1 Å². The van der Waals surface area contributed by atoms with E-state index in [0.29, 0.717) is 46.9 Å². The molecule has 0 aliphatic carbocycles. The summed E-state index contributed by atoms with van der Waals surface area (Å²) >= 11 is 17.1. The van der Waals surface area contributed by atoms with Crippen molar-refractivity contribution in [1.29, 1.82) is 0 Å². The van der Waals surface area contributed by atoms with Gasteiger partial charge in [0.1, 0.15) is 12.4 Å². The van der Waals surface area contributed by atoms with Crippen molar-refractivity contribution in [1.82, 2.24) is 5.32 Å². The molecule has 0 saturated heterocycles. The molecule has 0 bridgehead atoms. The molecule has 26 heavy (non-hydrogen) atoms. The Hall–Kier alpha value is -1.86. The number of rotatable bonds is 7. The first-order valence-corrected chi connectivity index (χ1v) is 9.04. The van der Waals surface area contributed by atoms with Crippen molar-refractivity contribution in [2.24, 2.45) is 0 Å². The fraction of sp³-hybridized carbons (Fsp3) is 0.222. The molecule has 0 saturated carbocycles. The third-order valence-corrected chi connectivity index (χ3v) is 3.99. The van der Waals surface area contributed by atoms with Crippen LogP contribution in [0.5, 0.6) is 5.75 Å². The van der Waals surface area contributed by atoms with Crippen LogP contribution in [0.15, 0.2) is 42.5 Å². The average molecular weight is 413 g/mol. The lowest BCUT2D eigenvalue weighted by atomic mass is 10.2. The van der Waals surface area contributed by atoms with E-state index in [9.17, 15) is 4.79 Å². The molecule has 2 N–H and O–H groups in total. The Kier molecular flexibility index (Phi) is 8.12. The second-order valence-electron chi connectivity index (χ2n) is 5.10. The molecule has 0 heterocycles. The van der Waals surface area contributed by atoms with E-state index in [-0.39, 0.29) is 11.0 Å². The van der Waals surface area contributed by atoms with Gasteiger partial charge in [0.2, 0.25) is 0 Å². The topological polar surface area (TPSA) is 59.6 Å². The standard InChI is InChI=1S/C18H18Cl2N2O3S/c1-2-24-9-10-25-14-6-3-12(4-7-14)17(23)22-18(26)21-16-11-13(19)5-8-15(16)20/h3-8,11H,2,9-10H2,1H3,(H2,21,22,23,26). The Morgan fingerprint density at radius 2 is 1.85 bits per heavy atom. The lowest BCUT2D eigenvalue weighted by molar-refractivity contribution is 0.0977. The summed E-state index contributed by atoms with van der Waals surface area (Å²) in [6.07, 6.45) is 0. The summed E-state index contributed by atoms with van der Waals surface area (Å²) in [5.41, 5.74) is 0.964. The van der Waals surface area contributed by atoms with Crippen LogP contribution in [0.25, 0.3) is 0 Å². The van der Waals surface area contributed by atoms with Crippen molar-refractivity contribution in [3.63, 3.8) is 0 Å². The fourth-order valence-corrected chi connectivity index (χ4v) is 2.53. The molecule has 0 aliphatic heterocycles. The van der Waals surface area contributed by atoms with Gasteiger partial charge in [0.25, 0.3) is 5.91 Å². The van der Waals surface area contributed by atoms with Crippen LogP contribution in [0.1, 0.15) is 17.3 Å². The number of hydrogen-bond acceptors (Lipinski definition) is 4. The van der Waals surface area contributed by atoms with Gasteiger partial charge in [-0.05, 0) is 61.6 Å². The van der Waals surface area contributed by atoms with E-state index in [4.69, 9.17) is 44.9 Å². The fourth-order valence-electron chi connectivity index (χ4n) is 1.99. The molecule has 0 aliphatic rings. The predicted molar refractivity (Wildman–Crippen MR) is 109 cm³/mol. The summed E-state index contributed by atoms with van der Waals surface area (Å²) in [6.45, 7) is 3.54. The third-order valence-electron chi connectivity index (χ3n) is 3.22. The maximum Gasteiger partial charge on any atom is 0.257 e. The van der Waals surface area contributed by atoms with Crippen LogP contribution in [0, 0.1) is 0 Å². The molecule has 2 aromatic carbocycles. The molecule has 0 fully saturated rings. The summed E-state index contributed by atoms with van der Waals surface area (Å²) in [6, 6.07) is 11.7. The van der Waals surface area contributed by atoms with Crippen LogP contribution in [-0.4, -0.2) is 30.8 Å². The molecule has 0 atom stereocenters. The minimum absolute atomic E-state index is 0.121. The molecule has 0 unspecified atom stereocenters. The number of thiocarbonyl (C=S) groups is 1. The Morgan fingerprint density at radius 3 is 2.54 bits per heavy atom. The second kappa shape index (κ2) is 10.3. The third kappa shape index (κ3) is 6.46. The SMILES string of the molecule is CCOCCOc1ccc(C(=O)NC(=S)Nc2cc(Cl)ccc2Cl)cc1. The predicted octanol–water partition coefficient (Wildman–Crippen LogP) is 4.54. The van der Waals surface area contributed by atoms with Crippen LogP contribution in [0.3, 0.4) is 0 Å². The number of ether oxygens (including phenoxy) is 2. The first-order chi connectivity index (χ1) is 12.5. The summed E-state index contributed by atoms with van der Waals surface area (Å²) in [5.74, 6) is 0.314. The highest BCUT2D eigenvalue weighted by Gasteiger charge is 2.10. The molecular weight excluding hydrogens is 395 g/mol. The van der Waals surface area contributed by atoms with E-state index in [1.54, 1.807) is 42.5 Å². The van der Waals surface area contributed by atoms with Gasteiger partial charge in [0, 0.05) is 17.2 Å². The van der Waals surface area contributed by atoms with E-state index in [1.807, 2.05) is 6.92 Å². The maximum absolute atomic E-state index is 12.2. The number of halogens is 2. The van der Waals surface area contributed by atoms with Gasteiger partial charge in [-0.2, -0.15) is 0 Å². The van der Waals surface area contributed by atoms with E-state index in [1.165, 1.54) is 0 Å². The summed E-state index contributed by atoms with van der Waals surface area (Å²) in [5, 5.41) is 6.51. The molecule has 0 spiro atoms. The molecule has 5 nitrogen and oxygen atoms in total. The monoisotopic (exact) mass is 412 g/mol. The zero-order valence-electron chi connectivity index (χ0n) is 14.1. The molecule has 1 amide bonds. The van der Waals surface area contributed by atoms with Crippen molar-refractivity contribution < 1.29 is 14.3 Å². The molecule has 2 aromatic rings. The lowest BCUT2D eigenvalue weighted by Gasteiger charge is -2.11. The number of carbonyl (C=O) groups is 1. The van der Waals surface area contributed by atoms with Crippen molar-refractivity contribution in [2.45, 2.75) is 6.92 Å². The molecule has 0 aromatic heterocycles. The smallest absolute Gasteiger partial charge is 0.257 e. The number of nitrogens with one attached hydrogen (secondary N) is 2. The Morgan fingerprint density at radius 1 is 1.12 bits per heavy atom. The van der Waals surface area contributed by atoms with Crippen LogP contribution >= 0.6 is 35.4 Å². The average Bonchev–Trinajstić information content (AvgIpc) is 2.62. The summed E-state index contributed by atoms with van der Waals surface area (Å²) in [4.78, 5) is 12.2. The second-order valence-corrected chi connectivity index (χ2v) is 6.35. The van der Waals surface area contributed by atoms with Gasteiger partial charge in [-0.15, -0.1) is 0 Å². The molecule has 0 radical (unpaired) electrons. The van der Waals surface area contributed by atoms with E-state index in [2.05, 4.69) is 10.6 Å². The zero-order valence-corrected chi connectivity index (χ0v) is 16.4. The Bertz CT molecular complexity index is 770. The van der Waals surface area contributed by atoms with Gasteiger partial charge in [-0.1, -0.05) is 23.2 Å². The Balaban J connectivity index is 1.88. The van der Waals surface area contributed by atoms with E-state index in [0.717, 1.165) is 0 Å². The minimum Gasteiger partial charge on any atom is -0.491 e. The van der Waals surface area contributed by atoms with E-state index >= 15 is 0 Å². The first-order valence-electron chi connectivity index (χ1n) is 7.87. The molecule has 8 heteroatoms. The highest BCUT2D eigenvalue weighted by atomic mass is 35.5. The van der Waals surface area contributed by atoms with Crippen LogP contribution in [-0.2, 0) is 4.74 Å². The van der Waals surface area contributed by atoms with Crippen LogP contribution in [0.2, 0.25) is 10.0 Å². The number of carbonyl (C=O) groups excluding carboxylic acids is 1. The largest absolute Gasteiger partial charge is 0.491 e. The van der Waals surface area contributed by atoms with E-state index < -0.39 is 0 Å². The van der Waals surface area contributed by atoms with Crippen molar-refractivity contribution in [3.8, 4) is 5.75 Å².